The SMILES string of the molecule is Cc1ccsc1[C@H]1Cc2c(C(=O)N(C)Cc3nccn3C)c(=O)cc(C)n2-c2ccccc2S1. The van der Waals surface area contributed by atoms with E-state index in [2.05, 4.69) is 40.1 Å². The number of benzene rings is 1. The van der Waals surface area contributed by atoms with Gasteiger partial charge in [-0.2, -0.15) is 0 Å². The second-order valence-electron chi connectivity index (χ2n) is 8.67. The van der Waals surface area contributed by atoms with Crippen molar-refractivity contribution in [3.8, 4) is 5.69 Å². The number of carbonyl (C=O) groups is 1. The standard InChI is InChI=1S/C26H26N4O2S2/c1-16-9-12-33-25(16)22-14-19-24(26(32)29(4)15-23-27-10-11-28(23)3)20(31)13-17(2)30(19)18-7-5-6-8-21(18)34-22/h5-13,22H,14-15H2,1-4H3/t22-/m1/s1. The summed E-state index contributed by atoms with van der Waals surface area (Å²) in [5.41, 5.74) is 3.88. The zero-order chi connectivity index (χ0) is 24.0. The number of aromatic nitrogens is 3. The van der Waals surface area contributed by atoms with Gasteiger partial charge in [-0.25, -0.2) is 4.98 Å². The molecule has 8 heteroatoms. The lowest BCUT2D eigenvalue weighted by Crippen LogP contribution is -2.34. The molecule has 0 radical (unpaired) electrons. The number of thiophene rings is 1. The second-order valence-corrected chi connectivity index (χ2v) is 10.9. The van der Waals surface area contributed by atoms with E-state index in [-0.39, 0.29) is 22.1 Å². The third-order valence-corrected chi connectivity index (χ3v) is 8.87. The lowest BCUT2D eigenvalue weighted by atomic mass is 10.0. The van der Waals surface area contributed by atoms with Gasteiger partial charge in [-0.1, -0.05) is 12.1 Å². The number of nitrogens with zero attached hydrogens (tertiary/aromatic N) is 4. The average molecular weight is 491 g/mol. The molecule has 0 spiro atoms. The minimum absolute atomic E-state index is 0.113. The normalized spacial score (nSPS) is 14.9. The van der Waals surface area contributed by atoms with Crippen molar-refractivity contribution in [3.05, 3.63) is 97.6 Å². The van der Waals surface area contributed by atoms with Crippen LogP contribution in [0.4, 0.5) is 0 Å². The summed E-state index contributed by atoms with van der Waals surface area (Å²) in [4.78, 5) is 35.4. The Kier molecular flexibility index (Phi) is 5.95. The third-order valence-electron chi connectivity index (χ3n) is 6.31. The van der Waals surface area contributed by atoms with Crippen LogP contribution in [0, 0.1) is 13.8 Å². The fourth-order valence-electron chi connectivity index (χ4n) is 4.55. The average Bonchev–Trinajstić information content (AvgIpc) is 3.36. The first-order valence-electron chi connectivity index (χ1n) is 11.1. The molecule has 0 aliphatic carbocycles. The van der Waals surface area contributed by atoms with E-state index in [0.717, 1.165) is 27.8 Å². The van der Waals surface area contributed by atoms with E-state index in [0.29, 0.717) is 13.0 Å². The number of carbonyl (C=O) groups excluding carboxylic acids is 1. The maximum absolute atomic E-state index is 13.7. The van der Waals surface area contributed by atoms with Crippen LogP contribution in [0.2, 0.25) is 0 Å². The summed E-state index contributed by atoms with van der Waals surface area (Å²) in [5.74, 6) is 0.491. The van der Waals surface area contributed by atoms with Crippen molar-refractivity contribution in [2.24, 2.45) is 7.05 Å². The molecule has 5 rings (SSSR count). The summed E-state index contributed by atoms with van der Waals surface area (Å²) < 4.78 is 3.99. The number of para-hydroxylation sites is 1. The van der Waals surface area contributed by atoms with Crippen molar-refractivity contribution in [3.63, 3.8) is 0 Å². The molecular formula is C26H26N4O2S2. The van der Waals surface area contributed by atoms with Crippen molar-refractivity contribution in [2.45, 2.75) is 37.0 Å². The molecule has 1 amide bonds. The molecule has 3 aromatic heterocycles. The van der Waals surface area contributed by atoms with Gasteiger partial charge >= 0.3 is 0 Å². The number of hydrogen-bond donors (Lipinski definition) is 0. The van der Waals surface area contributed by atoms with Crippen molar-refractivity contribution in [1.29, 1.82) is 0 Å². The molecule has 1 aromatic carbocycles. The topological polar surface area (TPSA) is 60.1 Å². The highest BCUT2D eigenvalue weighted by atomic mass is 32.2. The van der Waals surface area contributed by atoms with Gasteiger partial charge in [0.1, 0.15) is 11.4 Å². The molecule has 1 aliphatic heterocycles. The molecule has 0 fully saturated rings. The fourth-order valence-corrected chi connectivity index (χ4v) is 7.04. The molecule has 174 valence electrons. The van der Waals surface area contributed by atoms with Crippen molar-refractivity contribution < 1.29 is 4.79 Å². The number of aryl methyl sites for hydroxylation is 3. The maximum atomic E-state index is 13.7. The van der Waals surface area contributed by atoms with Crippen molar-refractivity contribution in [2.75, 3.05) is 7.05 Å². The van der Waals surface area contributed by atoms with E-state index in [1.165, 1.54) is 10.4 Å². The number of rotatable bonds is 4. The highest BCUT2D eigenvalue weighted by Gasteiger charge is 2.31. The van der Waals surface area contributed by atoms with E-state index < -0.39 is 0 Å². The number of thioether (sulfide) groups is 1. The summed E-state index contributed by atoms with van der Waals surface area (Å²) in [6, 6.07) is 12.0. The lowest BCUT2D eigenvalue weighted by molar-refractivity contribution is 0.0777. The first-order valence-corrected chi connectivity index (χ1v) is 12.9. The first-order chi connectivity index (χ1) is 16.3. The Hall–Kier alpha value is -3.10. The van der Waals surface area contributed by atoms with Crippen LogP contribution in [0.15, 0.2) is 63.9 Å². The van der Waals surface area contributed by atoms with E-state index in [9.17, 15) is 9.59 Å². The predicted octanol–water partition coefficient (Wildman–Crippen LogP) is 4.91. The van der Waals surface area contributed by atoms with E-state index in [4.69, 9.17) is 0 Å². The Labute approximate surface area is 206 Å². The van der Waals surface area contributed by atoms with Gasteiger partial charge in [-0.3, -0.25) is 9.59 Å². The molecule has 0 saturated carbocycles. The molecule has 4 heterocycles. The molecule has 6 nitrogen and oxygen atoms in total. The van der Waals surface area contributed by atoms with Gasteiger partial charge in [0.05, 0.1) is 12.2 Å². The number of fused-ring (bicyclic) bond motifs is 3. The van der Waals surface area contributed by atoms with Gasteiger partial charge in [0, 0.05) is 65.4 Å². The van der Waals surface area contributed by atoms with Gasteiger partial charge in [0.15, 0.2) is 5.43 Å². The highest BCUT2D eigenvalue weighted by Crippen LogP contribution is 2.46. The molecule has 0 saturated heterocycles. The molecule has 0 bridgehead atoms. The first kappa shape index (κ1) is 22.7. The lowest BCUT2D eigenvalue weighted by Gasteiger charge is -2.23. The Morgan fingerprint density at radius 3 is 2.74 bits per heavy atom. The Balaban J connectivity index is 1.68. The molecule has 1 aliphatic rings. The Morgan fingerprint density at radius 1 is 1.24 bits per heavy atom. The van der Waals surface area contributed by atoms with Crippen molar-refractivity contribution >= 4 is 29.0 Å². The third kappa shape index (κ3) is 3.91. The summed E-state index contributed by atoms with van der Waals surface area (Å²) in [5, 5.41) is 2.22. The summed E-state index contributed by atoms with van der Waals surface area (Å²) in [6.45, 7) is 4.39. The van der Waals surface area contributed by atoms with E-state index >= 15 is 0 Å². The Morgan fingerprint density at radius 2 is 2.03 bits per heavy atom. The van der Waals surface area contributed by atoms with Crippen LogP contribution < -0.4 is 5.43 Å². The highest BCUT2D eigenvalue weighted by molar-refractivity contribution is 7.99. The zero-order valence-electron chi connectivity index (χ0n) is 19.6. The van der Waals surface area contributed by atoms with Gasteiger partial charge in [0.2, 0.25) is 0 Å². The second kappa shape index (κ2) is 8.92. The van der Waals surface area contributed by atoms with Crippen LogP contribution in [-0.4, -0.2) is 32.0 Å². The van der Waals surface area contributed by atoms with Crippen LogP contribution in [0.3, 0.4) is 0 Å². The molecule has 0 N–H and O–H groups in total. The van der Waals surface area contributed by atoms with Crippen LogP contribution in [0.5, 0.6) is 0 Å². The molecule has 0 unspecified atom stereocenters. The maximum Gasteiger partial charge on any atom is 0.259 e. The van der Waals surface area contributed by atoms with Gasteiger partial charge in [0.25, 0.3) is 5.91 Å². The van der Waals surface area contributed by atoms with E-state index in [1.807, 2.05) is 36.9 Å². The van der Waals surface area contributed by atoms with Gasteiger partial charge in [-0.05, 0) is 43.0 Å². The monoisotopic (exact) mass is 490 g/mol. The number of imidazole rings is 1. The number of hydrogen-bond acceptors (Lipinski definition) is 5. The quantitative estimate of drug-likeness (QED) is 0.408. The molecule has 34 heavy (non-hydrogen) atoms. The van der Waals surface area contributed by atoms with Gasteiger partial charge in [-0.15, -0.1) is 23.1 Å². The smallest absolute Gasteiger partial charge is 0.259 e. The largest absolute Gasteiger partial charge is 0.337 e. The minimum Gasteiger partial charge on any atom is -0.337 e. The Bertz CT molecular complexity index is 1450. The molecular weight excluding hydrogens is 464 g/mol. The fraction of sp³-hybridized carbons (Fsp3) is 0.269. The molecule has 1 atom stereocenters. The predicted molar refractivity (Wildman–Crippen MR) is 137 cm³/mol. The van der Waals surface area contributed by atoms with Crippen LogP contribution in [0.1, 0.15) is 43.3 Å². The summed E-state index contributed by atoms with van der Waals surface area (Å²) in [6.07, 6.45) is 4.15. The van der Waals surface area contributed by atoms with E-state index in [1.54, 1.807) is 47.3 Å². The van der Waals surface area contributed by atoms with Crippen molar-refractivity contribution in [1.82, 2.24) is 19.0 Å². The summed E-state index contributed by atoms with van der Waals surface area (Å²) >= 11 is 3.54. The number of amides is 1. The molecule has 4 aromatic rings. The van der Waals surface area contributed by atoms with Gasteiger partial charge < -0.3 is 14.0 Å². The zero-order valence-corrected chi connectivity index (χ0v) is 21.2. The van der Waals surface area contributed by atoms with Crippen LogP contribution >= 0.6 is 23.1 Å². The summed E-state index contributed by atoms with van der Waals surface area (Å²) in [7, 11) is 3.63. The van der Waals surface area contributed by atoms with Crippen LogP contribution in [0.25, 0.3) is 5.69 Å². The minimum atomic E-state index is -0.275. The van der Waals surface area contributed by atoms with Crippen LogP contribution in [-0.2, 0) is 20.0 Å². The number of pyridine rings is 1.